The molecule has 1 atom stereocenters. The van der Waals surface area contributed by atoms with Crippen molar-refractivity contribution < 1.29 is 10.2 Å². The van der Waals surface area contributed by atoms with Crippen molar-refractivity contribution in [1.82, 2.24) is 0 Å². The molecule has 0 aromatic rings. The van der Waals surface area contributed by atoms with Crippen LogP contribution in [0.15, 0.2) is 37.0 Å². The van der Waals surface area contributed by atoms with E-state index in [4.69, 9.17) is 5.11 Å². The van der Waals surface area contributed by atoms with Crippen LogP contribution < -0.4 is 0 Å². The summed E-state index contributed by atoms with van der Waals surface area (Å²) in [7, 11) is 0. The van der Waals surface area contributed by atoms with E-state index in [2.05, 4.69) is 13.2 Å². The van der Waals surface area contributed by atoms with Gasteiger partial charge < -0.3 is 10.2 Å². The SMILES string of the molecule is C=C/C=C(\C=C)C(O)CCO. The maximum Gasteiger partial charge on any atom is 0.0811 e. The van der Waals surface area contributed by atoms with Crippen molar-refractivity contribution in [2.45, 2.75) is 12.5 Å². The highest BCUT2D eigenvalue weighted by Crippen LogP contribution is 2.06. The maximum absolute atomic E-state index is 9.29. The van der Waals surface area contributed by atoms with Crippen LogP contribution in [0, 0.1) is 0 Å². The summed E-state index contributed by atoms with van der Waals surface area (Å²) in [6, 6.07) is 0. The van der Waals surface area contributed by atoms with Gasteiger partial charge in [-0.05, 0) is 5.57 Å². The summed E-state index contributed by atoms with van der Waals surface area (Å²) >= 11 is 0. The Kier molecular flexibility index (Phi) is 5.43. The largest absolute Gasteiger partial charge is 0.396 e. The van der Waals surface area contributed by atoms with Crippen LogP contribution in [0.25, 0.3) is 0 Å². The minimum Gasteiger partial charge on any atom is -0.396 e. The summed E-state index contributed by atoms with van der Waals surface area (Å²) in [6.45, 7) is 6.99. The van der Waals surface area contributed by atoms with E-state index < -0.39 is 6.10 Å². The first kappa shape index (κ1) is 10.1. The fourth-order valence-corrected chi connectivity index (χ4v) is 0.740. The lowest BCUT2D eigenvalue weighted by Gasteiger charge is -2.08. The summed E-state index contributed by atoms with van der Waals surface area (Å²) in [6.07, 6.45) is 4.52. The van der Waals surface area contributed by atoms with E-state index in [1.54, 1.807) is 18.2 Å². The second kappa shape index (κ2) is 5.89. The lowest BCUT2D eigenvalue weighted by molar-refractivity contribution is 0.164. The summed E-state index contributed by atoms with van der Waals surface area (Å²) in [5, 5.41) is 17.8. The van der Waals surface area contributed by atoms with Crippen LogP contribution in [-0.4, -0.2) is 22.9 Å². The summed E-state index contributed by atoms with van der Waals surface area (Å²) in [4.78, 5) is 0. The molecule has 0 fully saturated rings. The van der Waals surface area contributed by atoms with E-state index in [0.29, 0.717) is 12.0 Å². The van der Waals surface area contributed by atoms with Crippen LogP contribution in [0.4, 0.5) is 0 Å². The van der Waals surface area contributed by atoms with E-state index >= 15 is 0 Å². The molecular formula is C9H14O2. The van der Waals surface area contributed by atoms with Crippen molar-refractivity contribution in [1.29, 1.82) is 0 Å². The van der Waals surface area contributed by atoms with Crippen LogP contribution in [-0.2, 0) is 0 Å². The summed E-state index contributed by atoms with van der Waals surface area (Å²) in [5.41, 5.74) is 0.689. The Labute approximate surface area is 67.2 Å². The smallest absolute Gasteiger partial charge is 0.0811 e. The van der Waals surface area contributed by atoms with E-state index in [1.807, 2.05) is 0 Å². The second-order valence-electron chi connectivity index (χ2n) is 2.13. The Morgan fingerprint density at radius 1 is 1.45 bits per heavy atom. The number of aliphatic hydroxyl groups is 2. The Morgan fingerprint density at radius 2 is 2.09 bits per heavy atom. The average Bonchev–Trinajstić information content (AvgIpc) is 2.00. The molecule has 0 spiro atoms. The van der Waals surface area contributed by atoms with Crippen LogP contribution >= 0.6 is 0 Å². The minimum atomic E-state index is -0.629. The first-order valence-corrected chi connectivity index (χ1v) is 3.50. The first-order valence-electron chi connectivity index (χ1n) is 3.50. The predicted octanol–water partition coefficient (Wildman–Crippen LogP) is 1.03. The van der Waals surface area contributed by atoms with Gasteiger partial charge >= 0.3 is 0 Å². The zero-order chi connectivity index (χ0) is 8.69. The third-order valence-corrected chi connectivity index (χ3v) is 1.33. The molecule has 0 amide bonds. The maximum atomic E-state index is 9.29. The lowest BCUT2D eigenvalue weighted by Crippen LogP contribution is -2.10. The van der Waals surface area contributed by atoms with Gasteiger partial charge in [0, 0.05) is 13.0 Å². The summed E-state index contributed by atoms with van der Waals surface area (Å²) < 4.78 is 0. The highest BCUT2D eigenvalue weighted by Gasteiger charge is 2.04. The van der Waals surface area contributed by atoms with Crippen molar-refractivity contribution in [3.8, 4) is 0 Å². The number of hydrogen-bond acceptors (Lipinski definition) is 2. The first-order chi connectivity index (χ1) is 5.26. The Bertz CT molecular complexity index is 159. The molecule has 0 aliphatic carbocycles. The van der Waals surface area contributed by atoms with E-state index in [1.165, 1.54) is 0 Å². The molecule has 0 rings (SSSR count). The van der Waals surface area contributed by atoms with E-state index in [-0.39, 0.29) is 6.61 Å². The number of aliphatic hydroxyl groups excluding tert-OH is 2. The van der Waals surface area contributed by atoms with Crippen molar-refractivity contribution >= 4 is 0 Å². The van der Waals surface area contributed by atoms with E-state index in [9.17, 15) is 5.11 Å². The molecule has 62 valence electrons. The van der Waals surface area contributed by atoms with Gasteiger partial charge in [-0.1, -0.05) is 31.4 Å². The molecule has 0 bridgehead atoms. The Hall–Kier alpha value is -0.860. The van der Waals surface area contributed by atoms with Gasteiger partial charge in [0.1, 0.15) is 0 Å². The van der Waals surface area contributed by atoms with Gasteiger partial charge in [0.15, 0.2) is 0 Å². The molecule has 2 N–H and O–H groups in total. The van der Waals surface area contributed by atoms with Crippen molar-refractivity contribution in [3.05, 3.63) is 37.0 Å². The van der Waals surface area contributed by atoms with Gasteiger partial charge in [-0.25, -0.2) is 0 Å². The molecule has 0 saturated heterocycles. The van der Waals surface area contributed by atoms with Crippen molar-refractivity contribution in [2.75, 3.05) is 6.61 Å². The fourth-order valence-electron chi connectivity index (χ4n) is 0.740. The second-order valence-corrected chi connectivity index (χ2v) is 2.13. The number of hydrogen-bond donors (Lipinski definition) is 2. The third kappa shape index (κ3) is 3.75. The van der Waals surface area contributed by atoms with Gasteiger partial charge in [0.2, 0.25) is 0 Å². The van der Waals surface area contributed by atoms with Crippen LogP contribution in [0.3, 0.4) is 0 Å². The number of allylic oxidation sites excluding steroid dienone is 2. The summed E-state index contributed by atoms with van der Waals surface area (Å²) in [5.74, 6) is 0. The van der Waals surface area contributed by atoms with Crippen LogP contribution in [0.1, 0.15) is 6.42 Å². The Balaban J connectivity index is 4.12. The zero-order valence-electron chi connectivity index (χ0n) is 6.53. The highest BCUT2D eigenvalue weighted by molar-refractivity contribution is 5.24. The molecule has 0 aromatic heterocycles. The third-order valence-electron chi connectivity index (χ3n) is 1.33. The normalized spacial score (nSPS) is 14.2. The van der Waals surface area contributed by atoms with Gasteiger partial charge in [0.05, 0.1) is 6.10 Å². The van der Waals surface area contributed by atoms with Crippen molar-refractivity contribution in [3.63, 3.8) is 0 Å². The molecule has 0 saturated carbocycles. The fraction of sp³-hybridized carbons (Fsp3) is 0.333. The molecule has 2 heteroatoms. The lowest BCUT2D eigenvalue weighted by atomic mass is 10.1. The molecule has 1 unspecified atom stereocenters. The molecular weight excluding hydrogens is 140 g/mol. The average molecular weight is 154 g/mol. The predicted molar refractivity (Wildman–Crippen MR) is 46.2 cm³/mol. The minimum absolute atomic E-state index is 0.0243. The van der Waals surface area contributed by atoms with E-state index in [0.717, 1.165) is 0 Å². The molecule has 2 nitrogen and oxygen atoms in total. The van der Waals surface area contributed by atoms with Gasteiger partial charge in [-0.3, -0.25) is 0 Å². The topological polar surface area (TPSA) is 40.5 Å². The highest BCUT2D eigenvalue weighted by atomic mass is 16.3. The van der Waals surface area contributed by atoms with Crippen LogP contribution in [0.5, 0.6) is 0 Å². The Morgan fingerprint density at radius 3 is 2.45 bits per heavy atom. The molecule has 0 aliphatic heterocycles. The standard InChI is InChI=1S/C9H14O2/c1-3-5-8(4-2)9(11)6-7-10/h3-5,9-11H,1-2,6-7H2/b8-5+. The molecule has 0 aliphatic rings. The van der Waals surface area contributed by atoms with Crippen LogP contribution in [0.2, 0.25) is 0 Å². The quantitative estimate of drug-likeness (QED) is 0.580. The molecule has 0 aromatic carbocycles. The number of rotatable bonds is 5. The monoisotopic (exact) mass is 154 g/mol. The molecule has 0 radical (unpaired) electrons. The molecule has 11 heavy (non-hydrogen) atoms. The molecule has 0 heterocycles. The van der Waals surface area contributed by atoms with Gasteiger partial charge in [-0.2, -0.15) is 0 Å². The van der Waals surface area contributed by atoms with Crippen molar-refractivity contribution in [2.24, 2.45) is 0 Å². The van der Waals surface area contributed by atoms with Gasteiger partial charge in [-0.15, -0.1) is 0 Å². The zero-order valence-corrected chi connectivity index (χ0v) is 6.53. The van der Waals surface area contributed by atoms with Gasteiger partial charge in [0.25, 0.3) is 0 Å².